The average Bonchev–Trinajstić information content (AvgIpc) is 3.41. The Balaban J connectivity index is 1.40. The van der Waals surface area contributed by atoms with Crippen LogP contribution in [0.4, 0.5) is 5.69 Å². The van der Waals surface area contributed by atoms with Crippen LogP contribution in [0.15, 0.2) is 120 Å². The van der Waals surface area contributed by atoms with Gasteiger partial charge in [-0.25, -0.2) is 14.7 Å². The Morgan fingerprint density at radius 3 is 1.28 bits per heavy atom. The standard InChI is InChI=1S/C67H84N4O/c1-6-10-14-18-22-34-46-70(47-35-23-19-15-11-7-2)65-55-42-30-26-38-51(55)60(52-39-27-31-43-56(52)65)63-62(59(50-68)69-5)64(67(63)72)61-53-40-28-32-44-57(53)66(58-45-33-29-41-54(58)61)71(48-36-24-20-16-12-8-3)49-37-25-21-17-13-9-4/h26-33,38-45H,6-25,34-37,46-49H2,1-4H3. The average molecular weight is 961 g/mol. The molecule has 5 heteroatoms. The molecule has 5 aromatic rings. The zero-order valence-electron chi connectivity index (χ0n) is 44.7. The zero-order valence-corrected chi connectivity index (χ0v) is 44.7. The van der Waals surface area contributed by atoms with Crippen molar-refractivity contribution in [3.05, 3.63) is 159 Å². The Morgan fingerprint density at radius 2 is 0.861 bits per heavy atom. The normalized spacial score (nSPS) is 13.8. The van der Waals surface area contributed by atoms with Crippen LogP contribution in [-0.4, -0.2) is 36.5 Å². The van der Waals surface area contributed by atoms with Gasteiger partial charge in [0.25, 0.3) is 5.70 Å². The number of anilines is 1. The van der Waals surface area contributed by atoms with Gasteiger partial charge >= 0.3 is 0 Å². The van der Waals surface area contributed by atoms with E-state index in [0.717, 1.165) is 107 Å². The van der Waals surface area contributed by atoms with Crippen LogP contribution in [0.5, 0.6) is 0 Å². The number of benzene rings is 5. The first-order valence-electron chi connectivity index (χ1n) is 28.7. The van der Waals surface area contributed by atoms with Gasteiger partial charge in [-0.05, 0) is 82.0 Å². The topological polar surface area (TPSA) is 57.5 Å². The third-order valence-corrected chi connectivity index (χ3v) is 15.5. The number of fused-ring (bicyclic) bond motifs is 4. The van der Waals surface area contributed by atoms with E-state index in [2.05, 4.69) is 145 Å². The fourth-order valence-electron chi connectivity index (χ4n) is 11.7. The maximum Gasteiger partial charge on any atom is 0.270 e. The largest absolute Gasteiger partial charge is 0.872 e. The molecule has 0 N–H and O–H groups in total. The summed E-state index contributed by atoms with van der Waals surface area (Å²) < 4.78 is 2.65. The van der Waals surface area contributed by atoms with Crippen LogP contribution in [0.25, 0.3) is 37.5 Å². The summed E-state index contributed by atoms with van der Waals surface area (Å²) in [5, 5.41) is 30.9. The van der Waals surface area contributed by atoms with Crippen molar-refractivity contribution < 1.29 is 9.68 Å². The van der Waals surface area contributed by atoms with Crippen LogP contribution in [0, 0.1) is 17.9 Å². The molecule has 0 unspecified atom stereocenters. The predicted octanol–water partition coefficient (Wildman–Crippen LogP) is 17.7. The molecule has 0 radical (unpaired) electrons. The van der Waals surface area contributed by atoms with Crippen molar-refractivity contribution in [3.8, 4) is 6.07 Å². The quantitative estimate of drug-likeness (QED) is 0.0149. The van der Waals surface area contributed by atoms with Crippen molar-refractivity contribution in [2.24, 2.45) is 0 Å². The van der Waals surface area contributed by atoms with Crippen molar-refractivity contribution in [2.75, 3.05) is 31.1 Å². The van der Waals surface area contributed by atoms with Crippen LogP contribution in [0.2, 0.25) is 0 Å². The summed E-state index contributed by atoms with van der Waals surface area (Å²) in [4.78, 5) is 6.58. The molecule has 2 aliphatic rings. The lowest BCUT2D eigenvalue weighted by atomic mass is 9.69. The number of nitriles is 1. The third kappa shape index (κ3) is 12.6. The number of unbranched alkanes of at least 4 members (excludes halogenated alkanes) is 20. The monoisotopic (exact) mass is 961 g/mol. The summed E-state index contributed by atoms with van der Waals surface area (Å²) in [6.45, 7) is 21.5. The summed E-state index contributed by atoms with van der Waals surface area (Å²) in [6, 6.07) is 36.7. The molecule has 0 heterocycles. The summed E-state index contributed by atoms with van der Waals surface area (Å²) in [7, 11) is 0. The smallest absolute Gasteiger partial charge is 0.270 e. The van der Waals surface area contributed by atoms with Gasteiger partial charge in [-0.3, -0.25) is 0 Å². The Labute approximate surface area is 434 Å². The van der Waals surface area contributed by atoms with Crippen LogP contribution >= 0.6 is 0 Å². The molecule has 0 fully saturated rings. The van der Waals surface area contributed by atoms with Gasteiger partial charge in [-0.2, -0.15) is 0 Å². The molecule has 2 aliphatic carbocycles. The molecule has 0 amide bonds. The third-order valence-electron chi connectivity index (χ3n) is 15.5. The Hall–Kier alpha value is -5.91. The van der Waals surface area contributed by atoms with Gasteiger partial charge in [0.2, 0.25) is 5.71 Å². The lowest BCUT2D eigenvalue weighted by Crippen LogP contribution is -2.31. The van der Waals surface area contributed by atoms with Crippen molar-refractivity contribution in [2.45, 2.75) is 182 Å². The van der Waals surface area contributed by atoms with Crippen LogP contribution in [-0.2, 0) is 0 Å². The van der Waals surface area contributed by atoms with Crippen LogP contribution in [0.3, 0.4) is 0 Å². The molecule has 0 saturated carbocycles. The van der Waals surface area contributed by atoms with E-state index in [9.17, 15) is 5.26 Å². The van der Waals surface area contributed by atoms with E-state index in [1.54, 1.807) is 0 Å². The number of allylic oxidation sites excluding steroid dienone is 3. The van der Waals surface area contributed by atoms with E-state index in [1.165, 1.54) is 140 Å². The molecule has 72 heavy (non-hydrogen) atoms. The highest BCUT2D eigenvalue weighted by molar-refractivity contribution is 6.25. The second kappa shape index (κ2) is 28.4. The Kier molecular flexibility index (Phi) is 21.2. The number of hydrogen-bond donors (Lipinski definition) is 0. The SMILES string of the molecule is [C-]#[N+]/C(C#N)=C1\C(=C2c3ccccc3C(=[N+](CCCCCCCC)CCCCCCCC)c3ccccc32)C([O-])=C1c1c2ccccc2c(N(CCCCCCCC)CCCCCCCC)c2ccccc12. The lowest BCUT2D eigenvalue weighted by Gasteiger charge is -2.41. The molecule has 5 aromatic carbocycles. The molecule has 0 aliphatic heterocycles. The lowest BCUT2D eigenvalue weighted by molar-refractivity contribution is -0.528. The highest BCUT2D eigenvalue weighted by Gasteiger charge is 2.39. The summed E-state index contributed by atoms with van der Waals surface area (Å²) in [5.41, 5.74) is 9.78. The van der Waals surface area contributed by atoms with E-state index in [4.69, 9.17) is 6.57 Å². The minimum absolute atomic E-state index is 0.0328. The van der Waals surface area contributed by atoms with Crippen molar-refractivity contribution in [3.63, 3.8) is 0 Å². The second-order valence-electron chi connectivity index (χ2n) is 20.7. The highest BCUT2D eigenvalue weighted by atomic mass is 16.3. The summed E-state index contributed by atoms with van der Waals surface area (Å²) in [5.74, 6) is -0.0976. The van der Waals surface area contributed by atoms with E-state index in [0.29, 0.717) is 16.7 Å². The molecule has 378 valence electrons. The van der Waals surface area contributed by atoms with Gasteiger partial charge in [0.05, 0.1) is 29.5 Å². The van der Waals surface area contributed by atoms with Gasteiger partial charge in [-0.15, -0.1) is 0 Å². The maximum atomic E-state index is 15.8. The Morgan fingerprint density at radius 1 is 0.486 bits per heavy atom. The van der Waals surface area contributed by atoms with Gasteiger partial charge in [0.15, 0.2) is 0 Å². The first-order chi connectivity index (χ1) is 35.5. The number of nitrogens with zero attached hydrogens (tertiary/aromatic N) is 4. The molecular weight excluding hydrogens is 877 g/mol. The molecule has 0 saturated heterocycles. The summed E-state index contributed by atoms with van der Waals surface area (Å²) >= 11 is 0. The van der Waals surface area contributed by atoms with Crippen LogP contribution in [0.1, 0.15) is 210 Å². The maximum absolute atomic E-state index is 15.8. The molecule has 0 aromatic heterocycles. The summed E-state index contributed by atoms with van der Waals surface area (Å²) in [6.07, 6.45) is 29.8. The first kappa shape index (κ1) is 53.9. The molecule has 0 spiro atoms. The number of rotatable bonds is 30. The molecule has 5 nitrogen and oxygen atoms in total. The predicted molar refractivity (Wildman–Crippen MR) is 305 cm³/mol. The van der Waals surface area contributed by atoms with Gasteiger partial charge < -0.3 is 10.0 Å². The molecule has 7 rings (SSSR count). The molecule has 0 atom stereocenters. The zero-order chi connectivity index (χ0) is 50.5. The van der Waals surface area contributed by atoms with Crippen molar-refractivity contribution in [1.29, 1.82) is 5.26 Å². The fraction of sp³-hybridized carbons (Fsp3) is 0.478. The number of hydrogen-bond acceptors (Lipinski definition) is 3. The minimum Gasteiger partial charge on any atom is -0.872 e. The van der Waals surface area contributed by atoms with E-state index >= 15 is 5.11 Å². The van der Waals surface area contributed by atoms with Crippen molar-refractivity contribution in [1.82, 2.24) is 0 Å². The van der Waals surface area contributed by atoms with E-state index < -0.39 is 0 Å². The molecular formula is C67H84N4O. The van der Waals surface area contributed by atoms with Gasteiger partial charge in [-0.1, -0.05) is 234 Å². The van der Waals surface area contributed by atoms with E-state index in [1.807, 2.05) is 0 Å². The van der Waals surface area contributed by atoms with E-state index in [-0.39, 0.29) is 11.5 Å². The minimum atomic E-state index is -0.0976. The second-order valence-corrected chi connectivity index (χ2v) is 20.7. The molecule has 0 bridgehead atoms. The Bertz CT molecular complexity index is 2650. The van der Waals surface area contributed by atoms with Crippen molar-refractivity contribution >= 4 is 44.1 Å². The fourth-order valence-corrected chi connectivity index (χ4v) is 11.7. The van der Waals surface area contributed by atoms with Gasteiger partial charge in [0, 0.05) is 42.3 Å². The highest BCUT2D eigenvalue weighted by Crippen LogP contribution is 2.55. The van der Waals surface area contributed by atoms with Crippen LogP contribution < -0.4 is 10.0 Å². The van der Waals surface area contributed by atoms with Gasteiger partial charge in [0.1, 0.15) is 13.1 Å². The first-order valence-corrected chi connectivity index (χ1v) is 28.7.